The normalized spacial score (nSPS) is 15.1. The molecule has 1 aliphatic rings. The lowest BCUT2D eigenvalue weighted by molar-refractivity contribution is -0.120. The number of rotatable bonds is 8. The third-order valence-corrected chi connectivity index (χ3v) is 5.70. The van der Waals surface area contributed by atoms with Crippen molar-refractivity contribution in [3.63, 3.8) is 0 Å². The summed E-state index contributed by atoms with van der Waals surface area (Å²) in [4.78, 5) is 12.4. The number of thioether (sulfide) groups is 1. The van der Waals surface area contributed by atoms with Crippen LogP contribution in [-0.4, -0.2) is 39.6 Å². The molecule has 144 valence electrons. The monoisotopic (exact) mass is 386 g/mol. The van der Waals surface area contributed by atoms with E-state index >= 15 is 0 Å². The van der Waals surface area contributed by atoms with E-state index in [0.29, 0.717) is 11.7 Å². The van der Waals surface area contributed by atoms with Crippen molar-refractivity contribution < 1.29 is 9.53 Å². The van der Waals surface area contributed by atoms with Crippen LogP contribution in [0.1, 0.15) is 39.0 Å². The molecule has 27 heavy (non-hydrogen) atoms. The number of nitrogens with zero attached hydrogens (tertiary/aromatic N) is 3. The van der Waals surface area contributed by atoms with Crippen LogP contribution in [0.2, 0.25) is 0 Å². The van der Waals surface area contributed by atoms with Crippen molar-refractivity contribution in [2.75, 3.05) is 13.7 Å². The summed E-state index contributed by atoms with van der Waals surface area (Å²) >= 11 is 1.39. The molecule has 1 aromatic carbocycles. The average molecular weight is 387 g/mol. The highest BCUT2D eigenvalue weighted by molar-refractivity contribution is 8.00. The smallest absolute Gasteiger partial charge is 0.233 e. The Kier molecular flexibility index (Phi) is 6.92. The van der Waals surface area contributed by atoms with Gasteiger partial charge >= 0.3 is 0 Å². The Bertz CT molecular complexity index is 803. The van der Waals surface area contributed by atoms with Crippen LogP contribution < -0.4 is 10.1 Å². The largest absolute Gasteiger partial charge is 0.495 e. The van der Waals surface area contributed by atoms with E-state index in [2.05, 4.69) is 21.6 Å². The van der Waals surface area contributed by atoms with Gasteiger partial charge in [0, 0.05) is 6.54 Å². The third-order valence-electron chi connectivity index (χ3n) is 4.64. The fourth-order valence-corrected chi connectivity index (χ4v) is 3.99. The first-order valence-electron chi connectivity index (χ1n) is 9.34. The van der Waals surface area contributed by atoms with Gasteiger partial charge in [-0.1, -0.05) is 35.5 Å². The molecule has 0 unspecified atom stereocenters. The molecule has 6 nitrogen and oxygen atoms in total. The van der Waals surface area contributed by atoms with E-state index < -0.39 is 0 Å². The predicted molar refractivity (Wildman–Crippen MR) is 107 cm³/mol. The molecule has 0 bridgehead atoms. The fourth-order valence-electron chi connectivity index (χ4n) is 3.13. The van der Waals surface area contributed by atoms with Crippen molar-refractivity contribution in [3.8, 4) is 11.4 Å². The number of nitrogens with one attached hydrogen (secondary N) is 1. The number of ether oxygens (including phenoxy) is 1. The Balaban J connectivity index is 1.58. The molecule has 1 N–H and O–H groups in total. The zero-order valence-corrected chi connectivity index (χ0v) is 16.7. The molecule has 1 atom stereocenters. The number of aromatic nitrogens is 3. The van der Waals surface area contributed by atoms with Gasteiger partial charge in [0.05, 0.1) is 18.0 Å². The van der Waals surface area contributed by atoms with Crippen LogP contribution in [0.3, 0.4) is 0 Å². The molecule has 0 aliphatic heterocycles. The zero-order chi connectivity index (χ0) is 19.1. The molecule has 0 radical (unpaired) electrons. The van der Waals surface area contributed by atoms with Gasteiger partial charge in [0.25, 0.3) is 0 Å². The lowest BCUT2D eigenvalue weighted by Gasteiger charge is -2.15. The van der Waals surface area contributed by atoms with Crippen LogP contribution >= 0.6 is 11.8 Å². The maximum Gasteiger partial charge on any atom is 0.233 e. The van der Waals surface area contributed by atoms with Gasteiger partial charge in [0.1, 0.15) is 12.1 Å². The SMILES string of the molecule is COc1ccccc1-n1cnnc1S[C@H](C)C(=O)NCCC1=CCCCC1. The number of benzene rings is 1. The summed E-state index contributed by atoms with van der Waals surface area (Å²) in [6.45, 7) is 2.58. The van der Waals surface area contributed by atoms with Gasteiger partial charge in [-0.3, -0.25) is 9.36 Å². The number of hydrogen-bond acceptors (Lipinski definition) is 5. The lowest BCUT2D eigenvalue weighted by atomic mass is 9.97. The summed E-state index contributed by atoms with van der Waals surface area (Å²) in [6, 6.07) is 7.68. The third kappa shape index (κ3) is 5.13. The molecule has 0 fully saturated rings. The van der Waals surface area contributed by atoms with E-state index in [1.54, 1.807) is 13.4 Å². The fraction of sp³-hybridized carbons (Fsp3) is 0.450. The summed E-state index contributed by atoms with van der Waals surface area (Å²) in [5, 5.41) is 11.6. The molecule has 1 heterocycles. The average Bonchev–Trinajstić information content (AvgIpc) is 3.16. The van der Waals surface area contributed by atoms with Crippen molar-refractivity contribution in [1.29, 1.82) is 0 Å². The maximum atomic E-state index is 12.4. The van der Waals surface area contributed by atoms with Crippen molar-refractivity contribution in [3.05, 3.63) is 42.2 Å². The minimum Gasteiger partial charge on any atom is -0.495 e. The highest BCUT2D eigenvalue weighted by Gasteiger charge is 2.19. The minimum atomic E-state index is -0.261. The van der Waals surface area contributed by atoms with Gasteiger partial charge in [-0.25, -0.2) is 0 Å². The van der Waals surface area contributed by atoms with Crippen LogP contribution in [0.25, 0.3) is 5.69 Å². The minimum absolute atomic E-state index is 0.0194. The highest BCUT2D eigenvalue weighted by atomic mass is 32.2. The molecule has 0 saturated heterocycles. The second kappa shape index (κ2) is 9.60. The Morgan fingerprint density at radius 3 is 3.00 bits per heavy atom. The van der Waals surface area contributed by atoms with E-state index in [1.807, 2.05) is 35.8 Å². The van der Waals surface area contributed by atoms with E-state index in [4.69, 9.17) is 4.74 Å². The zero-order valence-electron chi connectivity index (χ0n) is 15.9. The quantitative estimate of drug-likeness (QED) is 0.553. The second-order valence-corrected chi connectivity index (χ2v) is 7.87. The van der Waals surface area contributed by atoms with Gasteiger partial charge in [-0.15, -0.1) is 10.2 Å². The molecule has 0 saturated carbocycles. The van der Waals surface area contributed by atoms with Gasteiger partial charge in [-0.2, -0.15) is 0 Å². The number of amides is 1. The standard InChI is InChI=1S/C20H26N4O2S/c1-15(19(25)21-13-12-16-8-4-3-5-9-16)27-20-23-22-14-24(20)17-10-6-7-11-18(17)26-2/h6-8,10-11,14-15H,3-5,9,12-13H2,1-2H3,(H,21,25)/t15-/m1/s1. The molecule has 1 aliphatic carbocycles. The summed E-state index contributed by atoms with van der Waals surface area (Å²) in [5.74, 6) is 0.753. The topological polar surface area (TPSA) is 69.0 Å². The number of carbonyl (C=O) groups is 1. The van der Waals surface area contributed by atoms with E-state index in [1.165, 1.54) is 43.0 Å². The summed E-state index contributed by atoms with van der Waals surface area (Å²) < 4.78 is 7.26. The van der Waals surface area contributed by atoms with Crippen molar-refractivity contribution >= 4 is 17.7 Å². The first kappa shape index (κ1) is 19.5. The molecular formula is C20H26N4O2S. The Morgan fingerprint density at radius 1 is 1.37 bits per heavy atom. The van der Waals surface area contributed by atoms with Gasteiger partial charge < -0.3 is 10.1 Å². The Morgan fingerprint density at radius 2 is 2.22 bits per heavy atom. The number of allylic oxidation sites excluding steroid dienone is 1. The van der Waals surface area contributed by atoms with Crippen LogP contribution in [-0.2, 0) is 4.79 Å². The lowest BCUT2D eigenvalue weighted by Crippen LogP contribution is -2.32. The van der Waals surface area contributed by atoms with Crippen molar-refractivity contribution in [2.24, 2.45) is 0 Å². The predicted octanol–water partition coefficient (Wildman–Crippen LogP) is 3.76. The molecule has 2 aromatic rings. The highest BCUT2D eigenvalue weighted by Crippen LogP contribution is 2.28. The molecular weight excluding hydrogens is 360 g/mol. The van der Waals surface area contributed by atoms with Crippen LogP contribution in [0.4, 0.5) is 0 Å². The molecule has 3 rings (SSSR count). The van der Waals surface area contributed by atoms with E-state index in [9.17, 15) is 4.79 Å². The Hall–Kier alpha value is -2.28. The maximum absolute atomic E-state index is 12.4. The number of carbonyl (C=O) groups excluding carboxylic acids is 1. The number of para-hydroxylation sites is 2. The van der Waals surface area contributed by atoms with Crippen LogP contribution in [0.15, 0.2) is 47.4 Å². The van der Waals surface area contributed by atoms with Gasteiger partial charge in [0.15, 0.2) is 5.16 Å². The van der Waals surface area contributed by atoms with E-state index in [0.717, 1.165) is 17.9 Å². The van der Waals surface area contributed by atoms with Crippen molar-refractivity contribution in [2.45, 2.75) is 49.4 Å². The molecule has 0 spiro atoms. The molecule has 1 amide bonds. The number of hydrogen-bond donors (Lipinski definition) is 1. The van der Waals surface area contributed by atoms with Crippen LogP contribution in [0.5, 0.6) is 5.75 Å². The second-order valence-electron chi connectivity index (χ2n) is 6.56. The van der Waals surface area contributed by atoms with Gasteiger partial charge in [-0.05, 0) is 51.2 Å². The van der Waals surface area contributed by atoms with Crippen molar-refractivity contribution in [1.82, 2.24) is 20.1 Å². The first-order valence-corrected chi connectivity index (χ1v) is 10.2. The molecule has 1 aromatic heterocycles. The summed E-state index contributed by atoms with van der Waals surface area (Å²) in [7, 11) is 1.63. The Labute approximate surface area is 164 Å². The first-order chi connectivity index (χ1) is 13.2. The van der Waals surface area contributed by atoms with Gasteiger partial charge in [0.2, 0.25) is 5.91 Å². The van der Waals surface area contributed by atoms with E-state index in [-0.39, 0.29) is 11.2 Å². The summed E-state index contributed by atoms with van der Waals surface area (Å²) in [5.41, 5.74) is 2.32. The molecule has 7 heteroatoms. The number of methoxy groups -OCH3 is 1. The van der Waals surface area contributed by atoms with Crippen LogP contribution in [0, 0.1) is 0 Å². The summed E-state index contributed by atoms with van der Waals surface area (Å²) in [6.07, 6.45) is 9.81.